The summed E-state index contributed by atoms with van der Waals surface area (Å²) in [5.74, 6) is 1.23. The van der Waals surface area contributed by atoms with Crippen LogP contribution in [0.15, 0.2) is 47.4 Å². The summed E-state index contributed by atoms with van der Waals surface area (Å²) in [5, 5.41) is 5.46. The fraction of sp³-hybridized carbons (Fsp3) is 0.300. The highest BCUT2D eigenvalue weighted by Gasteiger charge is 2.17. The van der Waals surface area contributed by atoms with Gasteiger partial charge in [-0.3, -0.25) is 9.59 Å². The van der Waals surface area contributed by atoms with Crippen LogP contribution in [0.5, 0.6) is 11.5 Å². The van der Waals surface area contributed by atoms with Gasteiger partial charge in [0.05, 0.1) is 5.25 Å². The number of hydrogen-bond donors (Lipinski definition) is 2. The first-order valence-corrected chi connectivity index (χ1v) is 9.70. The predicted octanol–water partition coefficient (Wildman–Crippen LogP) is 4.27. The van der Waals surface area contributed by atoms with E-state index in [2.05, 4.69) is 10.6 Å². The fourth-order valence-electron chi connectivity index (χ4n) is 2.54. The van der Waals surface area contributed by atoms with Gasteiger partial charge in [-0.15, -0.1) is 11.8 Å². The molecule has 0 spiro atoms. The van der Waals surface area contributed by atoms with Gasteiger partial charge in [-0.2, -0.15) is 0 Å². The largest absolute Gasteiger partial charge is 0.454 e. The van der Waals surface area contributed by atoms with E-state index in [0.29, 0.717) is 23.6 Å². The molecule has 3 rings (SSSR count). The van der Waals surface area contributed by atoms with E-state index < -0.39 is 0 Å². The van der Waals surface area contributed by atoms with E-state index in [9.17, 15) is 9.59 Å². The Morgan fingerprint density at radius 1 is 1.04 bits per heavy atom. The molecule has 1 unspecified atom stereocenters. The van der Waals surface area contributed by atoms with Crippen LogP contribution in [0.25, 0.3) is 0 Å². The zero-order valence-electron chi connectivity index (χ0n) is 15.3. The lowest BCUT2D eigenvalue weighted by Gasteiger charge is -2.13. The first kappa shape index (κ1) is 19.1. The second kappa shape index (κ2) is 8.81. The quantitative estimate of drug-likeness (QED) is 0.695. The maximum Gasteiger partial charge on any atom is 0.237 e. The topological polar surface area (TPSA) is 76.7 Å². The normalized spacial score (nSPS) is 13.1. The third-order valence-corrected chi connectivity index (χ3v) is 5.05. The highest BCUT2D eigenvalue weighted by atomic mass is 32.2. The van der Waals surface area contributed by atoms with E-state index in [1.165, 1.54) is 11.8 Å². The van der Waals surface area contributed by atoms with E-state index in [1.54, 1.807) is 18.2 Å². The Morgan fingerprint density at radius 2 is 1.74 bits per heavy atom. The minimum Gasteiger partial charge on any atom is -0.454 e. The number of ether oxygens (including phenoxy) is 2. The zero-order chi connectivity index (χ0) is 19.2. The number of carbonyl (C=O) groups is 2. The molecule has 1 heterocycles. The lowest BCUT2D eigenvalue weighted by atomic mass is 10.2. The van der Waals surface area contributed by atoms with E-state index in [4.69, 9.17) is 9.47 Å². The molecule has 1 atom stereocenters. The van der Waals surface area contributed by atoms with E-state index >= 15 is 0 Å². The van der Waals surface area contributed by atoms with Crippen LogP contribution in [0.3, 0.4) is 0 Å². The summed E-state index contributed by atoms with van der Waals surface area (Å²) in [4.78, 5) is 25.0. The maximum absolute atomic E-state index is 12.4. The zero-order valence-corrected chi connectivity index (χ0v) is 16.1. The van der Waals surface area contributed by atoms with Crippen LogP contribution < -0.4 is 20.1 Å². The maximum atomic E-state index is 12.4. The standard InChI is InChI=1S/C20H22N2O4S/c1-3-4-19(23)21-14-5-8-16(9-6-14)27-13(2)20(24)22-15-7-10-17-18(11-15)26-12-25-17/h5-11,13H,3-4,12H2,1-2H3,(H,21,23)(H,22,24). The Labute approximate surface area is 162 Å². The minimum absolute atomic E-state index is 0.00868. The monoisotopic (exact) mass is 386 g/mol. The SMILES string of the molecule is CCCC(=O)Nc1ccc(SC(C)C(=O)Nc2ccc3c(c2)OCO3)cc1. The molecule has 2 amide bonds. The van der Waals surface area contributed by atoms with Crippen LogP contribution in [-0.4, -0.2) is 23.9 Å². The van der Waals surface area contributed by atoms with Crippen molar-refractivity contribution in [1.82, 2.24) is 0 Å². The van der Waals surface area contributed by atoms with Gasteiger partial charge in [0.1, 0.15) is 0 Å². The van der Waals surface area contributed by atoms with Crippen LogP contribution in [0.4, 0.5) is 11.4 Å². The predicted molar refractivity (Wildman–Crippen MR) is 106 cm³/mol. The van der Waals surface area contributed by atoms with Gasteiger partial charge in [-0.1, -0.05) is 6.92 Å². The molecule has 0 saturated carbocycles. The molecule has 0 aliphatic carbocycles. The van der Waals surface area contributed by atoms with Gasteiger partial charge >= 0.3 is 0 Å². The van der Waals surface area contributed by atoms with Crippen LogP contribution in [0.1, 0.15) is 26.7 Å². The van der Waals surface area contributed by atoms with Gasteiger partial charge in [0.25, 0.3) is 0 Å². The van der Waals surface area contributed by atoms with Crippen molar-refractivity contribution in [3.05, 3.63) is 42.5 Å². The van der Waals surface area contributed by atoms with Crippen LogP contribution in [0, 0.1) is 0 Å². The molecule has 2 aromatic rings. The number of benzene rings is 2. The van der Waals surface area contributed by atoms with Crippen molar-refractivity contribution in [3.63, 3.8) is 0 Å². The number of anilines is 2. The first-order valence-electron chi connectivity index (χ1n) is 8.82. The van der Waals surface area contributed by atoms with Crippen molar-refractivity contribution in [2.45, 2.75) is 36.8 Å². The fourth-order valence-corrected chi connectivity index (χ4v) is 3.41. The van der Waals surface area contributed by atoms with Gasteiger partial charge in [-0.05, 0) is 49.7 Å². The Morgan fingerprint density at radius 3 is 2.48 bits per heavy atom. The summed E-state index contributed by atoms with van der Waals surface area (Å²) in [6, 6.07) is 12.8. The molecule has 0 fully saturated rings. The summed E-state index contributed by atoms with van der Waals surface area (Å²) in [5.41, 5.74) is 1.43. The summed E-state index contributed by atoms with van der Waals surface area (Å²) in [7, 11) is 0. The molecule has 27 heavy (non-hydrogen) atoms. The summed E-state index contributed by atoms with van der Waals surface area (Å²) < 4.78 is 10.6. The summed E-state index contributed by atoms with van der Waals surface area (Å²) in [6.45, 7) is 4.02. The lowest BCUT2D eigenvalue weighted by Crippen LogP contribution is -2.22. The van der Waals surface area contributed by atoms with Gasteiger partial charge in [0, 0.05) is 28.8 Å². The number of hydrogen-bond acceptors (Lipinski definition) is 5. The highest BCUT2D eigenvalue weighted by molar-refractivity contribution is 8.00. The Balaban J connectivity index is 1.54. The van der Waals surface area contributed by atoms with Crippen LogP contribution >= 0.6 is 11.8 Å². The van der Waals surface area contributed by atoms with Gasteiger partial charge in [0.2, 0.25) is 18.6 Å². The molecule has 2 N–H and O–H groups in total. The first-order chi connectivity index (χ1) is 13.0. The van der Waals surface area contributed by atoms with E-state index in [-0.39, 0.29) is 23.9 Å². The van der Waals surface area contributed by atoms with E-state index in [1.807, 2.05) is 38.1 Å². The Hall–Kier alpha value is -2.67. The van der Waals surface area contributed by atoms with Crippen molar-refractivity contribution in [1.29, 1.82) is 0 Å². The van der Waals surface area contributed by atoms with Crippen LogP contribution in [0.2, 0.25) is 0 Å². The van der Waals surface area contributed by atoms with Gasteiger partial charge in [-0.25, -0.2) is 0 Å². The molecule has 0 aromatic heterocycles. The van der Waals surface area contributed by atoms with Gasteiger partial charge < -0.3 is 20.1 Å². The third-order valence-electron chi connectivity index (χ3n) is 3.94. The third kappa shape index (κ3) is 5.17. The highest BCUT2D eigenvalue weighted by Crippen LogP contribution is 2.34. The second-order valence-corrected chi connectivity index (χ2v) is 7.55. The van der Waals surface area contributed by atoms with E-state index in [0.717, 1.165) is 17.0 Å². The molecule has 1 aliphatic rings. The number of rotatable bonds is 7. The van der Waals surface area contributed by atoms with Crippen molar-refractivity contribution in [2.75, 3.05) is 17.4 Å². The second-order valence-electron chi connectivity index (χ2n) is 6.14. The van der Waals surface area contributed by atoms with Crippen molar-refractivity contribution in [2.24, 2.45) is 0 Å². The van der Waals surface area contributed by atoms with Gasteiger partial charge in [0.15, 0.2) is 11.5 Å². The molecule has 0 bridgehead atoms. The molecule has 142 valence electrons. The minimum atomic E-state index is -0.282. The molecule has 2 aromatic carbocycles. The number of fused-ring (bicyclic) bond motifs is 1. The van der Waals surface area contributed by atoms with Crippen molar-refractivity contribution >= 4 is 35.0 Å². The number of nitrogens with one attached hydrogen (secondary N) is 2. The van der Waals surface area contributed by atoms with Crippen molar-refractivity contribution < 1.29 is 19.1 Å². The average Bonchev–Trinajstić information content (AvgIpc) is 3.11. The molecular formula is C20H22N2O4S. The van der Waals surface area contributed by atoms with Crippen molar-refractivity contribution in [3.8, 4) is 11.5 Å². The molecular weight excluding hydrogens is 364 g/mol. The Bertz CT molecular complexity index is 823. The number of amides is 2. The lowest BCUT2D eigenvalue weighted by molar-refractivity contribution is -0.116. The molecule has 6 nitrogen and oxygen atoms in total. The molecule has 0 saturated heterocycles. The summed E-state index contributed by atoms with van der Waals surface area (Å²) >= 11 is 1.45. The average molecular weight is 386 g/mol. The molecule has 1 aliphatic heterocycles. The number of carbonyl (C=O) groups excluding carboxylic acids is 2. The van der Waals surface area contributed by atoms with Crippen LogP contribution in [-0.2, 0) is 9.59 Å². The molecule has 0 radical (unpaired) electrons. The smallest absolute Gasteiger partial charge is 0.237 e. The summed E-state index contributed by atoms with van der Waals surface area (Å²) in [6.07, 6.45) is 1.32. The molecule has 7 heteroatoms. The number of thioether (sulfide) groups is 1. The Kier molecular flexibility index (Phi) is 6.24.